The summed E-state index contributed by atoms with van der Waals surface area (Å²) in [5.74, 6) is -3.72. The lowest BCUT2D eigenvalue weighted by molar-refractivity contribution is 0.0491. The van der Waals surface area contributed by atoms with Crippen LogP contribution in [0.4, 0.5) is 8.78 Å². The number of carboxylic acid groups (broad SMARTS) is 1. The standard InChI is InChI=1S/C9H10F2O3S/c1-9(10,11)5-15-4-6-2-3-7(14-6)8(12)13/h2-3H,4-5H2,1H3,(H,12,13). The van der Waals surface area contributed by atoms with Gasteiger partial charge in [-0.15, -0.1) is 11.8 Å². The predicted octanol–water partition coefficient (Wildman–Crippen LogP) is 2.87. The Hall–Kier alpha value is -1.04. The summed E-state index contributed by atoms with van der Waals surface area (Å²) in [6.45, 7) is 0.838. The summed E-state index contributed by atoms with van der Waals surface area (Å²) < 4.78 is 29.7. The first-order chi connectivity index (χ1) is 6.88. The molecule has 0 bridgehead atoms. The molecule has 1 N–H and O–H groups in total. The maximum atomic E-state index is 12.4. The molecular formula is C9H10F2O3S. The summed E-state index contributed by atoms with van der Waals surface area (Å²) >= 11 is 1.00. The van der Waals surface area contributed by atoms with Crippen LogP contribution in [0.2, 0.25) is 0 Å². The van der Waals surface area contributed by atoms with Crippen molar-refractivity contribution in [3.8, 4) is 0 Å². The Balaban J connectivity index is 2.41. The zero-order valence-corrected chi connectivity index (χ0v) is 8.81. The molecule has 0 spiro atoms. The van der Waals surface area contributed by atoms with Gasteiger partial charge in [-0.25, -0.2) is 13.6 Å². The summed E-state index contributed by atoms with van der Waals surface area (Å²) in [6.07, 6.45) is 0. The molecule has 15 heavy (non-hydrogen) atoms. The maximum absolute atomic E-state index is 12.4. The number of alkyl halides is 2. The average Bonchev–Trinajstić information content (AvgIpc) is 2.50. The summed E-state index contributed by atoms with van der Waals surface area (Å²) in [4.78, 5) is 10.4. The second kappa shape index (κ2) is 4.65. The fourth-order valence-electron chi connectivity index (χ4n) is 0.901. The van der Waals surface area contributed by atoms with E-state index in [1.54, 1.807) is 0 Å². The van der Waals surface area contributed by atoms with Crippen LogP contribution in [0, 0.1) is 0 Å². The van der Waals surface area contributed by atoms with Crippen LogP contribution in [0.15, 0.2) is 16.5 Å². The van der Waals surface area contributed by atoms with E-state index in [0.29, 0.717) is 5.76 Å². The van der Waals surface area contributed by atoms with Crippen molar-refractivity contribution < 1.29 is 23.1 Å². The van der Waals surface area contributed by atoms with Crippen LogP contribution < -0.4 is 0 Å². The summed E-state index contributed by atoms with van der Waals surface area (Å²) in [5.41, 5.74) is 0. The number of rotatable bonds is 5. The van der Waals surface area contributed by atoms with E-state index in [0.717, 1.165) is 18.7 Å². The fraction of sp³-hybridized carbons (Fsp3) is 0.444. The first kappa shape index (κ1) is 12.0. The molecule has 0 atom stereocenters. The van der Waals surface area contributed by atoms with Crippen LogP contribution in [0.25, 0.3) is 0 Å². The second-order valence-electron chi connectivity index (χ2n) is 3.13. The van der Waals surface area contributed by atoms with Crippen LogP contribution in [-0.2, 0) is 5.75 Å². The Bertz CT molecular complexity index is 343. The van der Waals surface area contributed by atoms with Crippen LogP contribution in [0.1, 0.15) is 23.2 Å². The van der Waals surface area contributed by atoms with E-state index in [1.807, 2.05) is 0 Å². The third kappa shape index (κ3) is 4.33. The third-order valence-electron chi connectivity index (χ3n) is 1.47. The fourth-order valence-corrected chi connectivity index (χ4v) is 1.72. The van der Waals surface area contributed by atoms with Gasteiger partial charge in [0.15, 0.2) is 0 Å². The molecule has 0 aliphatic carbocycles. The molecule has 0 fully saturated rings. The third-order valence-corrected chi connectivity index (χ3v) is 2.67. The highest BCUT2D eigenvalue weighted by molar-refractivity contribution is 7.98. The molecule has 1 heterocycles. The zero-order chi connectivity index (χ0) is 11.5. The topological polar surface area (TPSA) is 50.4 Å². The minimum atomic E-state index is -2.72. The molecule has 0 unspecified atom stereocenters. The van der Waals surface area contributed by atoms with Gasteiger partial charge in [0.2, 0.25) is 5.76 Å². The minimum absolute atomic E-state index is 0.172. The number of aromatic carboxylic acids is 1. The van der Waals surface area contributed by atoms with Gasteiger partial charge < -0.3 is 9.52 Å². The van der Waals surface area contributed by atoms with Crippen LogP contribution >= 0.6 is 11.8 Å². The molecule has 0 saturated heterocycles. The predicted molar refractivity (Wildman–Crippen MR) is 52.5 cm³/mol. The molecule has 1 aromatic rings. The number of hydrogen-bond donors (Lipinski definition) is 1. The maximum Gasteiger partial charge on any atom is 0.371 e. The van der Waals surface area contributed by atoms with Crippen LogP contribution in [-0.4, -0.2) is 22.8 Å². The quantitative estimate of drug-likeness (QED) is 0.854. The van der Waals surface area contributed by atoms with Gasteiger partial charge in [-0.2, -0.15) is 0 Å². The Morgan fingerprint density at radius 1 is 1.60 bits per heavy atom. The second-order valence-corrected chi connectivity index (χ2v) is 4.12. The Morgan fingerprint density at radius 2 is 2.27 bits per heavy atom. The molecule has 0 aromatic carbocycles. The highest BCUT2D eigenvalue weighted by Crippen LogP contribution is 2.22. The van der Waals surface area contributed by atoms with E-state index in [-0.39, 0.29) is 17.3 Å². The number of thioether (sulfide) groups is 1. The highest BCUT2D eigenvalue weighted by Gasteiger charge is 2.21. The molecule has 1 rings (SSSR count). The van der Waals surface area contributed by atoms with Gasteiger partial charge in [0, 0.05) is 6.92 Å². The van der Waals surface area contributed by atoms with Gasteiger partial charge in [-0.3, -0.25) is 0 Å². The van der Waals surface area contributed by atoms with Crippen molar-refractivity contribution in [2.75, 3.05) is 5.75 Å². The van der Waals surface area contributed by atoms with Crippen molar-refractivity contribution in [3.05, 3.63) is 23.7 Å². The molecule has 0 aliphatic rings. The molecule has 0 saturated carbocycles. The van der Waals surface area contributed by atoms with E-state index in [1.165, 1.54) is 12.1 Å². The van der Waals surface area contributed by atoms with Gasteiger partial charge >= 0.3 is 5.97 Å². The van der Waals surface area contributed by atoms with Gasteiger partial charge in [0.1, 0.15) is 5.76 Å². The summed E-state index contributed by atoms with van der Waals surface area (Å²) in [5, 5.41) is 8.53. The number of furan rings is 1. The number of halogens is 2. The highest BCUT2D eigenvalue weighted by atomic mass is 32.2. The van der Waals surface area contributed by atoms with E-state index < -0.39 is 11.9 Å². The molecule has 0 aliphatic heterocycles. The van der Waals surface area contributed by atoms with Crippen molar-refractivity contribution in [2.24, 2.45) is 0 Å². The smallest absolute Gasteiger partial charge is 0.371 e. The van der Waals surface area contributed by atoms with Crippen molar-refractivity contribution in [3.63, 3.8) is 0 Å². The summed E-state index contributed by atoms with van der Waals surface area (Å²) in [7, 11) is 0. The van der Waals surface area contributed by atoms with Gasteiger partial charge in [0.05, 0.1) is 11.5 Å². The van der Waals surface area contributed by atoms with Gasteiger partial charge in [-0.1, -0.05) is 0 Å². The summed E-state index contributed by atoms with van der Waals surface area (Å²) in [6, 6.07) is 2.78. The molecule has 1 aromatic heterocycles. The molecule has 0 radical (unpaired) electrons. The molecule has 84 valence electrons. The molecule has 6 heteroatoms. The van der Waals surface area contributed by atoms with Crippen LogP contribution in [0.3, 0.4) is 0 Å². The van der Waals surface area contributed by atoms with Crippen molar-refractivity contribution in [1.29, 1.82) is 0 Å². The van der Waals surface area contributed by atoms with Crippen molar-refractivity contribution >= 4 is 17.7 Å². The Morgan fingerprint density at radius 3 is 2.73 bits per heavy atom. The van der Waals surface area contributed by atoms with E-state index in [9.17, 15) is 13.6 Å². The lowest BCUT2D eigenvalue weighted by Gasteiger charge is -2.07. The van der Waals surface area contributed by atoms with E-state index >= 15 is 0 Å². The SMILES string of the molecule is CC(F)(F)CSCc1ccc(C(=O)O)o1. The van der Waals surface area contributed by atoms with Crippen molar-refractivity contribution in [1.82, 2.24) is 0 Å². The number of carboxylic acids is 1. The average molecular weight is 236 g/mol. The first-order valence-electron chi connectivity index (χ1n) is 4.16. The molecule has 3 nitrogen and oxygen atoms in total. The van der Waals surface area contributed by atoms with E-state index in [2.05, 4.69) is 0 Å². The Labute approximate surface area is 89.5 Å². The lowest BCUT2D eigenvalue weighted by atomic mass is 10.4. The first-order valence-corrected chi connectivity index (χ1v) is 5.31. The Kier molecular flexibility index (Phi) is 3.73. The number of hydrogen-bond acceptors (Lipinski definition) is 3. The largest absolute Gasteiger partial charge is 0.475 e. The molecule has 0 amide bonds. The molecular weight excluding hydrogens is 226 g/mol. The van der Waals surface area contributed by atoms with E-state index in [4.69, 9.17) is 9.52 Å². The number of carbonyl (C=O) groups is 1. The van der Waals surface area contributed by atoms with Crippen LogP contribution in [0.5, 0.6) is 0 Å². The lowest BCUT2D eigenvalue weighted by Crippen LogP contribution is -2.12. The zero-order valence-electron chi connectivity index (χ0n) is 8.00. The van der Waals surface area contributed by atoms with Crippen molar-refractivity contribution in [2.45, 2.75) is 18.6 Å². The minimum Gasteiger partial charge on any atom is -0.475 e. The monoisotopic (exact) mass is 236 g/mol. The normalized spacial score (nSPS) is 11.7. The van der Waals surface area contributed by atoms with Gasteiger partial charge in [0.25, 0.3) is 5.92 Å². The van der Waals surface area contributed by atoms with Gasteiger partial charge in [-0.05, 0) is 12.1 Å².